The summed E-state index contributed by atoms with van der Waals surface area (Å²) >= 11 is 0. The van der Waals surface area contributed by atoms with Gasteiger partial charge in [0.15, 0.2) is 0 Å². The van der Waals surface area contributed by atoms with Gasteiger partial charge in [-0.1, -0.05) is 42.5 Å². The molecular formula is C25H22N2O6. The first-order valence-corrected chi connectivity index (χ1v) is 10.4. The Balaban J connectivity index is 1.54. The Labute approximate surface area is 190 Å². The second kappa shape index (κ2) is 9.86. The summed E-state index contributed by atoms with van der Waals surface area (Å²) in [5, 5.41) is 5.18. The van der Waals surface area contributed by atoms with Crippen molar-refractivity contribution < 1.29 is 28.3 Å². The number of urea groups is 1. The van der Waals surface area contributed by atoms with Crippen LogP contribution in [0.1, 0.15) is 29.1 Å². The van der Waals surface area contributed by atoms with Gasteiger partial charge in [0.2, 0.25) is 0 Å². The van der Waals surface area contributed by atoms with Gasteiger partial charge in [0.25, 0.3) is 0 Å². The summed E-state index contributed by atoms with van der Waals surface area (Å²) in [6, 6.07) is 18.6. The van der Waals surface area contributed by atoms with Crippen LogP contribution in [0.3, 0.4) is 0 Å². The van der Waals surface area contributed by atoms with E-state index >= 15 is 0 Å². The van der Waals surface area contributed by atoms with Gasteiger partial charge >= 0.3 is 18.0 Å². The van der Waals surface area contributed by atoms with Crippen LogP contribution < -0.4 is 10.6 Å². The molecule has 0 fully saturated rings. The summed E-state index contributed by atoms with van der Waals surface area (Å²) in [5.41, 5.74) is 2.58. The number of amides is 2. The normalized spacial score (nSPS) is 15.4. The lowest BCUT2D eigenvalue weighted by molar-refractivity contribution is -0.139. The minimum absolute atomic E-state index is 0.110. The molecule has 4 rings (SSSR count). The average Bonchev–Trinajstić information content (AvgIpc) is 3.38. The van der Waals surface area contributed by atoms with E-state index in [9.17, 15) is 14.4 Å². The van der Waals surface area contributed by atoms with Crippen molar-refractivity contribution in [1.29, 1.82) is 0 Å². The highest BCUT2D eigenvalue weighted by atomic mass is 16.5. The Morgan fingerprint density at radius 1 is 0.909 bits per heavy atom. The molecule has 0 spiro atoms. The molecule has 8 heteroatoms. The van der Waals surface area contributed by atoms with E-state index in [4.69, 9.17) is 13.9 Å². The van der Waals surface area contributed by atoms with Crippen LogP contribution in [0.2, 0.25) is 0 Å². The Kier molecular flexibility index (Phi) is 6.54. The third-order valence-electron chi connectivity index (χ3n) is 5.05. The van der Waals surface area contributed by atoms with Crippen molar-refractivity contribution in [3.8, 4) is 11.1 Å². The highest BCUT2D eigenvalue weighted by Gasteiger charge is 2.35. The van der Waals surface area contributed by atoms with E-state index in [0.29, 0.717) is 11.3 Å². The lowest BCUT2D eigenvalue weighted by atomic mass is 10.0. The zero-order valence-electron chi connectivity index (χ0n) is 17.9. The number of rotatable bonds is 7. The van der Waals surface area contributed by atoms with E-state index in [0.717, 1.165) is 11.1 Å². The summed E-state index contributed by atoms with van der Waals surface area (Å²) in [7, 11) is 0. The van der Waals surface area contributed by atoms with Gasteiger partial charge in [-0.15, -0.1) is 0 Å². The number of carbonyl (C=O) groups excluding carboxylic acids is 3. The molecule has 3 aromatic rings. The van der Waals surface area contributed by atoms with E-state index in [2.05, 4.69) is 10.6 Å². The molecule has 1 aliphatic rings. The largest absolute Gasteiger partial charge is 0.467 e. The monoisotopic (exact) mass is 446 g/mol. The summed E-state index contributed by atoms with van der Waals surface area (Å²) in [6.07, 6.45) is 1.44. The number of esters is 2. The molecule has 0 radical (unpaired) electrons. The molecule has 2 N–H and O–H groups in total. The van der Waals surface area contributed by atoms with Crippen molar-refractivity contribution in [2.75, 3.05) is 13.2 Å². The van der Waals surface area contributed by atoms with Crippen molar-refractivity contribution in [3.05, 3.63) is 95.6 Å². The van der Waals surface area contributed by atoms with Crippen molar-refractivity contribution in [1.82, 2.24) is 10.6 Å². The third kappa shape index (κ3) is 4.95. The maximum atomic E-state index is 12.7. The van der Waals surface area contributed by atoms with Crippen LogP contribution in [-0.2, 0) is 14.3 Å². The van der Waals surface area contributed by atoms with Gasteiger partial charge in [-0.25, -0.2) is 14.4 Å². The highest BCUT2D eigenvalue weighted by molar-refractivity contribution is 5.95. The quantitative estimate of drug-likeness (QED) is 0.532. The number of hydrogen-bond acceptors (Lipinski definition) is 6. The number of ether oxygens (including phenoxy) is 2. The standard InChI is InChI=1S/C25H22N2O6/c1-2-31-24(29)21-19(26-25(30)27-22(21)20-9-6-14-32-20)15-33-23(28)18-12-10-17(11-13-18)16-7-4-3-5-8-16/h3-14,22H,2,15H2,1H3,(H2,26,27,30)/t22-/m1/s1. The molecule has 168 valence electrons. The Morgan fingerprint density at radius 3 is 2.30 bits per heavy atom. The smallest absolute Gasteiger partial charge is 0.338 e. The first-order valence-electron chi connectivity index (χ1n) is 10.4. The van der Waals surface area contributed by atoms with Crippen molar-refractivity contribution >= 4 is 18.0 Å². The van der Waals surface area contributed by atoms with Crippen LogP contribution in [0.25, 0.3) is 11.1 Å². The second-order valence-corrected chi connectivity index (χ2v) is 7.18. The average molecular weight is 446 g/mol. The van der Waals surface area contributed by atoms with E-state index < -0.39 is 24.0 Å². The molecule has 1 aromatic heterocycles. The van der Waals surface area contributed by atoms with Crippen molar-refractivity contribution in [3.63, 3.8) is 0 Å². The van der Waals surface area contributed by atoms with Gasteiger partial charge in [0.1, 0.15) is 18.4 Å². The molecule has 1 atom stereocenters. The van der Waals surface area contributed by atoms with Crippen LogP contribution in [0.4, 0.5) is 4.79 Å². The number of furan rings is 1. The van der Waals surface area contributed by atoms with E-state index in [-0.39, 0.29) is 24.5 Å². The molecule has 0 saturated heterocycles. The number of carbonyl (C=O) groups is 3. The van der Waals surface area contributed by atoms with Gasteiger partial charge in [0.05, 0.1) is 29.7 Å². The Hall–Kier alpha value is -4.33. The molecule has 0 unspecified atom stereocenters. The molecule has 2 heterocycles. The molecule has 8 nitrogen and oxygen atoms in total. The predicted octanol–water partition coefficient (Wildman–Crippen LogP) is 3.97. The molecule has 2 amide bonds. The van der Waals surface area contributed by atoms with Crippen LogP contribution >= 0.6 is 0 Å². The zero-order valence-corrected chi connectivity index (χ0v) is 17.9. The summed E-state index contributed by atoms with van der Waals surface area (Å²) in [5.74, 6) is -0.884. The summed E-state index contributed by atoms with van der Waals surface area (Å²) in [4.78, 5) is 37.5. The Morgan fingerprint density at radius 2 is 1.64 bits per heavy atom. The molecule has 1 aliphatic heterocycles. The Bertz CT molecular complexity index is 1170. The topological polar surface area (TPSA) is 107 Å². The lowest BCUT2D eigenvalue weighted by Crippen LogP contribution is -2.47. The molecule has 2 aromatic carbocycles. The minimum atomic E-state index is -0.869. The van der Waals surface area contributed by atoms with Crippen molar-refractivity contribution in [2.45, 2.75) is 13.0 Å². The molecule has 33 heavy (non-hydrogen) atoms. The molecule has 0 aliphatic carbocycles. The van der Waals surface area contributed by atoms with Gasteiger partial charge in [-0.3, -0.25) is 0 Å². The summed E-state index contributed by atoms with van der Waals surface area (Å²) < 4.78 is 15.9. The first kappa shape index (κ1) is 21.9. The zero-order chi connectivity index (χ0) is 23.2. The second-order valence-electron chi connectivity index (χ2n) is 7.18. The third-order valence-corrected chi connectivity index (χ3v) is 5.05. The lowest BCUT2D eigenvalue weighted by Gasteiger charge is -2.27. The maximum absolute atomic E-state index is 12.7. The fourth-order valence-electron chi connectivity index (χ4n) is 3.50. The van der Waals surface area contributed by atoms with E-state index in [1.54, 1.807) is 31.2 Å². The molecular weight excluding hydrogens is 424 g/mol. The van der Waals surface area contributed by atoms with Crippen molar-refractivity contribution in [2.24, 2.45) is 0 Å². The van der Waals surface area contributed by atoms with Crippen LogP contribution in [-0.4, -0.2) is 31.2 Å². The minimum Gasteiger partial charge on any atom is -0.467 e. The van der Waals surface area contributed by atoms with Gasteiger partial charge in [-0.05, 0) is 42.3 Å². The highest BCUT2D eigenvalue weighted by Crippen LogP contribution is 2.28. The molecule has 0 saturated carbocycles. The maximum Gasteiger partial charge on any atom is 0.338 e. The SMILES string of the molecule is CCOC(=O)C1=C(COC(=O)c2ccc(-c3ccccc3)cc2)NC(=O)N[C@@H]1c1ccco1. The summed E-state index contributed by atoms with van der Waals surface area (Å²) in [6.45, 7) is 1.49. The van der Waals surface area contributed by atoms with Crippen LogP contribution in [0, 0.1) is 0 Å². The number of nitrogens with one attached hydrogen (secondary N) is 2. The van der Waals surface area contributed by atoms with Crippen LogP contribution in [0.5, 0.6) is 0 Å². The van der Waals surface area contributed by atoms with Crippen LogP contribution in [0.15, 0.2) is 88.7 Å². The van der Waals surface area contributed by atoms with Gasteiger partial charge < -0.3 is 24.5 Å². The van der Waals surface area contributed by atoms with E-state index in [1.807, 2.05) is 42.5 Å². The number of hydrogen-bond donors (Lipinski definition) is 2. The molecule has 0 bridgehead atoms. The fraction of sp³-hybridized carbons (Fsp3) is 0.160. The fourth-order valence-corrected chi connectivity index (χ4v) is 3.50. The number of benzene rings is 2. The van der Waals surface area contributed by atoms with Gasteiger partial charge in [0, 0.05) is 0 Å². The van der Waals surface area contributed by atoms with Gasteiger partial charge in [-0.2, -0.15) is 0 Å². The first-order chi connectivity index (χ1) is 16.1. The predicted molar refractivity (Wildman–Crippen MR) is 119 cm³/mol. The van der Waals surface area contributed by atoms with E-state index in [1.165, 1.54) is 6.26 Å².